The van der Waals surface area contributed by atoms with Crippen molar-refractivity contribution in [2.24, 2.45) is 5.41 Å². The number of rotatable bonds is 7. The van der Waals surface area contributed by atoms with Crippen molar-refractivity contribution >= 4 is 55.8 Å². The van der Waals surface area contributed by atoms with Gasteiger partial charge in [0.05, 0.1) is 17.1 Å². The summed E-state index contributed by atoms with van der Waals surface area (Å²) in [6.45, 7) is 3.62. The van der Waals surface area contributed by atoms with E-state index < -0.39 is 23.5 Å². The molecule has 0 spiro atoms. The molecule has 38 heavy (non-hydrogen) atoms. The normalized spacial score (nSPS) is 12.3. The lowest BCUT2D eigenvalue weighted by Crippen LogP contribution is -2.28. The molecule has 0 radical (unpaired) electrons. The molecule has 0 bridgehead atoms. The van der Waals surface area contributed by atoms with Gasteiger partial charge in [-0.3, -0.25) is 10.1 Å². The summed E-state index contributed by atoms with van der Waals surface area (Å²) in [5.74, 6) is -0.437. The fraction of sp³-hybridized carbons (Fsp3) is 0.133. The molecule has 4 rings (SSSR count). The number of aromatic hydroxyl groups is 1. The smallest absolute Gasteiger partial charge is 0.412 e. The van der Waals surface area contributed by atoms with Gasteiger partial charge in [0.2, 0.25) is 5.91 Å². The van der Waals surface area contributed by atoms with Crippen LogP contribution in [-0.2, 0) is 9.53 Å². The molecule has 4 aromatic rings. The van der Waals surface area contributed by atoms with E-state index in [9.17, 15) is 14.7 Å². The van der Waals surface area contributed by atoms with Crippen LogP contribution >= 0.6 is 15.9 Å². The first-order valence-corrected chi connectivity index (χ1v) is 12.7. The summed E-state index contributed by atoms with van der Waals surface area (Å²) < 4.78 is 6.63. The van der Waals surface area contributed by atoms with Gasteiger partial charge < -0.3 is 20.9 Å². The summed E-state index contributed by atoms with van der Waals surface area (Å²) in [6.07, 6.45) is 1.35. The molecule has 7 nitrogen and oxygen atoms in total. The maximum atomic E-state index is 13.2. The highest BCUT2D eigenvalue weighted by Gasteiger charge is 2.34. The SMILES string of the molecule is CC(C)(/C=C/C(=O)Nc1ccccc1N)[C@@H](OC(=O)Nc1cccc2ccccc12)c1cc(Br)ccc1O. The number of amides is 2. The fourth-order valence-electron chi connectivity index (χ4n) is 4.10. The van der Waals surface area contributed by atoms with Gasteiger partial charge in [0.25, 0.3) is 0 Å². The molecule has 0 aliphatic heterocycles. The van der Waals surface area contributed by atoms with Crippen LogP contribution in [0.1, 0.15) is 25.5 Å². The number of halogens is 1. The number of nitrogen functional groups attached to an aromatic ring is 1. The van der Waals surface area contributed by atoms with Crippen molar-refractivity contribution in [2.75, 3.05) is 16.4 Å². The third kappa shape index (κ3) is 6.33. The number of hydrogen-bond donors (Lipinski definition) is 4. The number of nitrogens with one attached hydrogen (secondary N) is 2. The Balaban J connectivity index is 1.60. The number of phenolic OH excluding ortho intramolecular Hbond substituents is 1. The van der Waals surface area contributed by atoms with E-state index in [2.05, 4.69) is 26.6 Å². The molecule has 0 aromatic heterocycles. The van der Waals surface area contributed by atoms with Crippen LogP contribution in [0.25, 0.3) is 10.8 Å². The van der Waals surface area contributed by atoms with Crippen molar-refractivity contribution in [3.8, 4) is 5.75 Å². The Bertz CT molecular complexity index is 1510. The average Bonchev–Trinajstić information content (AvgIpc) is 2.89. The fourth-order valence-corrected chi connectivity index (χ4v) is 4.47. The molecule has 0 fully saturated rings. The largest absolute Gasteiger partial charge is 0.508 e. The highest BCUT2D eigenvalue weighted by atomic mass is 79.9. The van der Waals surface area contributed by atoms with Crippen LogP contribution in [0, 0.1) is 5.41 Å². The molecule has 2 amide bonds. The lowest BCUT2D eigenvalue weighted by Gasteiger charge is -2.32. The summed E-state index contributed by atoms with van der Waals surface area (Å²) >= 11 is 3.42. The first-order chi connectivity index (χ1) is 18.1. The van der Waals surface area contributed by atoms with Gasteiger partial charge in [-0.25, -0.2) is 4.79 Å². The van der Waals surface area contributed by atoms with Crippen LogP contribution in [0.3, 0.4) is 0 Å². The number of nitrogens with two attached hydrogens (primary N) is 1. The van der Waals surface area contributed by atoms with Crippen molar-refractivity contribution in [2.45, 2.75) is 20.0 Å². The number of para-hydroxylation sites is 2. The molecule has 0 heterocycles. The predicted molar refractivity (Wildman–Crippen MR) is 155 cm³/mol. The number of benzene rings is 4. The van der Waals surface area contributed by atoms with E-state index in [-0.39, 0.29) is 5.75 Å². The van der Waals surface area contributed by atoms with Crippen molar-refractivity contribution in [1.82, 2.24) is 0 Å². The van der Waals surface area contributed by atoms with Gasteiger partial charge in [-0.2, -0.15) is 0 Å². The van der Waals surface area contributed by atoms with Crippen molar-refractivity contribution in [3.63, 3.8) is 0 Å². The Hall–Kier alpha value is -4.30. The van der Waals surface area contributed by atoms with E-state index >= 15 is 0 Å². The maximum absolute atomic E-state index is 13.2. The topological polar surface area (TPSA) is 114 Å². The number of ether oxygens (including phenoxy) is 1. The molecule has 0 unspecified atom stereocenters. The molecule has 8 heteroatoms. The second-order valence-corrected chi connectivity index (χ2v) is 10.3. The zero-order valence-electron chi connectivity index (χ0n) is 20.9. The predicted octanol–water partition coefficient (Wildman–Crippen LogP) is 7.40. The van der Waals surface area contributed by atoms with E-state index in [0.29, 0.717) is 27.1 Å². The summed E-state index contributed by atoms with van der Waals surface area (Å²) in [5.41, 5.74) is 6.93. The Kier molecular flexibility index (Phi) is 8.02. The van der Waals surface area contributed by atoms with E-state index in [0.717, 1.165) is 10.8 Å². The van der Waals surface area contributed by atoms with Crippen LogP contribution in [-0.4, -0.2) is 17.1 Å². The lowest BCUT2D eigenvalue weighted by molar-refractivity contribution is -0.112. The molecular formula is C30H28BrN3O4. The van der Waals surface area contributed by atoms with Crippen LogP contribution in [0.2, 0.25) is 0 Å². The van der Waals surface area contributed by atoms with Gasteiger partial charge >= 0.3 is 6.09 Å². The number of anilines is 3. The van der Waals surface area contributed by atoms with Crippen molar-refractivity contribution in [3.05, 3.63) is 107 Å². The van der Waals surface area contributed by atoms with Gasteiger partial charge in [-0.1, -0.05) is 84.4 Å². The summed E-state index contributed by atoms with van der Waals surface area (Å²) in [4.78, 5) is 25.8. The Morgan fingerprint density at radius 1 is 0.947 bits per heavy atom. The molecule has 4 aromatic carbocycles. The highest BCUT2D eigenvalue weighted by molar-refractivity contribution is 9.10. The highest BCUT2D eigenvalue weighted by Crippen LogP contribution is 2.42. The zero-order valence-corrected chi connectivity index (χ0v) is 22.5. The molecule has 0 aliphatic rings. The van der Waals surface area contributed by atoms with Gasteiger partial charge in [0.15, 0.2) is 0 Å². The molecular weight excluding hydrogens is 546 g/mol. The van der Waals surface area contributed by atoms with Gasteiger partial charge in [-0.15, -0.1) is 0 Å². The number of fused-ring (bicyclic) bond motifs is 1. The molecule has 1 atom stereocenters. The van der Waals surface area contributed by atoms with Crippen LogP contribution in [0.5, 0.6) is 5.75 Å². The Morgan fingerprint density at radius 3 is 2.42 bits per heavy atom. The van der Waals surface area contributed by atoms with Gasteiger partial charge in [-0.05, 0) is 47.9 Å². The zero-order chi connectivity index (χ0) is 27.3. The standard InChI is InChI=1S/C30H28BrN3O4/c1-30(2,17-16-27(36)33-25-12-6-5-11-23(25)32)28(22-18-20(31)14-15-26(22)35)38-29(37)34-24-13-7-9-19-8-3-4-10-21(19)24/h3-18,28,35H,32H2,1-2H3,(H,33,36)(H,34,37)/b17-16+/t28-/m0/s1. The van der Waals surface area contributed by atoms with E-state index in [1.54, 1.807) is 48.5 Å². The summed E-state index contributed by atoms with van der Waals surface area (Å²) in [7, 11) is 0. The molecule has 5 N–H and O–H groups in total. The molecule has 0 saturated carbocycles. The number of hydrogen-bond acceptors (Lipinski definition) is 5. The monoisotopic (exact) mass is 573 g/mol. The summed E-state index contributed by atoms with van der Waals surface area (Å²) in [5, 5.41) is 18.1. The Morgan fingerprint density at radius 2 is 1.63 bits per heavy atom. The van der Waals surface area contributed by atoms with Gasteiger partial charge in [0.1, 0.15) is 11.9 Å². The van der Waals surface area contributed by atoms with Crippen molar-refractivity contribution in [1.29, 1.82) is 0 Å². The van der Waals surface area contributed by atoms with Crippen molar-refractivity contribution < 1.29 is 19.4 Å². The maximum Gasteiger partial charge on any atom is 0.412 e. The Labute approximate surface area is 229 Å². The minimum atomic E-state index is -0.944. The number of carbonyl (C=O) groups is 2. The third-order valence-electron chi connectivity index (χ3n) is 6.08. The minimum absolute atomic E-state index is 0.0425. The lowest BCUT2D eigenvalue weighted by atomic mass is 9.81. The first kappa shape index (κ1) is 26.8. The molecule has 194 valence electrons. The minimum Gasteiger partial charge on any atom is -0.508 e. The quantitative estimate of drug-likeness (QED) is 0.136. The average molecular weight is 574 g/mol. The summed E-state index contributed by atoms with van der Waals surface area (Å²) in [6, 6.07) is 25.1. The second-order valence-electron chi connectivity index (χ2n) is 9.37. The molecule has 0 aliphatic carbocycles. The second kappa shape index (κ2) is 11.4. The third-order valence-corrected chi connectivity index (χ3v) is 6.58. The van der Waals surface area contributed by atoms with E-state index in [1.165, 1.54) is 12.1 Å². The van der Waals surface area contributed by atoms with E-state index in [1.807, 2.05) is 50.2 Å². The van der Waals surface area contributed by atoms with Crippen LogP contribution < -0.4 is 16.4 Å². The van der Waals surface area contributed by atoms with Gasteiger partial charge in [0, 0.05) is 20.8 Å². The first-order valence-electron chi connectivity index (χ1n) is 11.9. The number of carbonyl (C=O) groups excluding carboxylic acids is 2. The van der Waals surface area contributed by atoms with Crippen LogP contribution in [0.15, 0.2) is 102 Å². The molecule has 0 saturated heterocycles. The number of phenols is 1. The van der Waals surface area contributed by atoms with E-state index in [4.69, 9.17) is 10.5 Å². The van der Waals surface area contributed by atoms with Crippen LogP contribution in [0.4, 0.5) is 21.9 Å².